The Morgan fingerprint density at radius 2 is 1.75 bits per heavy atom. The van der Waals surface area contributed by atoms with Crippen molar-refractivity contribution in [2.24, 2.45) is 0 Å². The van der Waals surface area contributed by atoms with Crippen molar-refractivity contribution >= 4 is 45.6 Å². The standard InChI is InChI=1S/C27H31N7O2/c1-14-12-33(13-15(2)36-14)25-19(11-28)21-18-10-20(35)34(17-8-6-16(7-9-17)27(3,4)5)26(18)32-24(30)22(21)23(29)31-25/h6-9,14-15H,10,12-13H2,1-5H3,(H2,29,31)(H2,30,32)/p+1/t14-,15-/m1/s1. The summed E-state index contributed by atoms with van der Waals surface area (Å²) in [6, 6.07) is 10.3. The molecule has 2 atom stereocenters. The number of pyridine rings is 2. The number of nitrogens with one attached hydrogen (secondary N) is 1. The van der Waals surface area contributed by atoms with Gasteiger partial charge in [0.15, 0.2) is 0 Å². The highest BCUT2D eigenvalue weighted by Gasteiger charge is 2.37. The van der Waals surface area contributed by atoms with E-state index in [1.807, 2.05) is 38.1 Å². The van der Waals surface area contributed by atoms with Crippen molar-refractivity contribution in [3.63, 3.8) is 0 Å². The van der Waals surface area contributed by atoms with Gasteiger partial charge in [0.25, 0.3) is 0 Å². The molecule has 2 aliphatic rings. The number of hydrogen-bond acceptors (Lipinski definition) is 7. The Balaban J connectivity index is 1.70. The molecule has 0 radical (unpaired) electrons. The number of morpholine rings is 1. The van der Waals surface area contributed by atoms with Gasteiger partial charge < -0.3 is 16.2 Å². The van der Waals surface area contributed by atoms with Gasteiger partial charge in [-0.05, 0) is 37.0 Å². The largest absolute Gasteiger partial charge is 0.383 e. The SMILES string of the molecule is C[C@@H]1CN(c2[nH+]c(N)c3c(N)nc4c(c3c2C#N)CC(=O)N4c2ccc(C(C)(C)C)cc2)C[C@@H](C)O1. The van der Waals surface area contributed by atoms with Gasteiger partial charge in [0.2, 0.25) is 17.5 Å². The number of carbonyl (C=O) groups excluding carboxylic acids is 1. The van der Waals surface area contributed by atoms with Crippen molar-refractivity contribution in [1.82, 2.24) is 4.98 Å². The second-order valence-electron chi connectivity index (χ2n) is 10.8. The molecule has 0 spiro atoms. The molecule has 4 heterocycles. The summed E-state index contributed by atoms with van der Waals surface area (Å²) in [5.74, 6) is 1.43. The Bertz CT molecular complexity index is 1410. The Kier molecular flexibility index (Phi) is 5.52. The van der Waals surface area contributed by atoms with E-state index in [2.05, 4.69) is 41.7 Å². The number of benzene rings is 1. The van der Waals surface area contributed by atoms with Crippen LogP contribution in [0.3, 0.4) is 0 Å². The fourth-order valence-corrected chi connectivity index (χ4v) is 5.33. The average molecular weight is 487 g/mol. The average Bonchev–Trinajstić information content (AvgIpc) is 3.13. The third kappa shape index (κ3) is 3.78. The molecule has 3 aromatic rings. The van der Waals surface area contributed by atoms with Gasteiger partial charge >= 0.3 is 0 Å². The summed E-state index contributed by atoms with van der Waals surface area (Å²) >= 11 is 0. The highest BCUT2D eigenvalue weighted by atomic mass is 16.5. The second-order valence-corrected chi connectivity index (χ2v) is 10.8. The lowest BCUT2D eigenvalue weighted by molar-refractivity contribution is -0.345. The van der Waals surface area contributed by atoms with Gasteiger partial charge in [-0.15, -0.1) is 0 Å². The number of nitrogens with two attached hydrogens (primary N) is 2. The molecule has 1 fully saturated rings. The van der Waals surface area contributed by atoms with E-state index in [1.54, 1.807) is 4.90 Å². The van der Waals surface area contributed by atoms with Crippen molar-refractivity contribution in [2.75, 3.05) is 34.4 Å². The van der Waals surface area contributed by atoms with Crippen LogP contribution >= 0.6 is 0 Å². The molecule has 2 aromatic heterocycles. The van der Waals surface area contributed by atoms with Crippen LogP contribution in [0.4, 0.5) is 29.0 Å². The molecule has 36 heavy (non-hydrogen) atoms. The quantitative estimate of drug-likeness (QED) is 0.568. The first-order valence-electron chi connectivity index (χ1n) is 12.2. The van der Waals surface area contributed by atoms with E-state index in [0.29, 0.717) is 58.1 Å². The maximum absolute atomic E-state index is 13.3. The predicted octanol–water partition coefficient (Wildman–Crippen LogP) is 3.22. The minimum Gasteiger partial charge on any atom is -0.383 e. The van der Waals surface area contributed by atoms with Crippen LogP contribution in [0.5, 0.6) is 0 Å². The van der Waals surface area contributed by atoms with E-state index in [1.165, 1.54) is 0 Å². The summed E-state index contributed by atoms with van der Waals surface area (Å²) in [7, 11) is 0. The number of nitrogens with zero attached hydrogens (tertiary/aromatic N) is 4. The topological polar surface area (TPSA) is 136 Å². The Morgan fingerprint density at radius 1 is 1.11 bits per heavy atom. The summed E-state index contributed by atoms with van der Waals surface area (Å²) in [5.41, 5.74) is 15.8. The molecule has 1 saturated heterocycles. The Morgan fingerprint density at radius 3 is 2.33 bits per heavy atom. The smallest absolute Gasteiger partial charge is 0.240 e. The number of fused-ring (bicyclic) bond motifs is 3. The Hall–Kier alpha value is -3.90. The summed E-state index contributed by atoms with van der Waals surface area (Å²) in [5, 5.41) is 11.4. The van der Waals surface area contributed by atoms with Crippen molar-refractivity contribution in [3.8, 4) is 6.07 Å². The molecule has 0 unspecified atom stereocenters. The number of aromatic nitrogens is 2. The van der Waals surface area contributed by atoms with Gasteiger partial charge in [-0.2, -0.15) is 5.26 Å². The summed E-state index contributed by atoms with van der Waals surface area (Å²) in [6.45, 7) is 11.6. The number of carbonyl (C=O) groups is 1. The van der Waals surface area contributed by atoms with Gasteiger partial charge in [-0.25, -0.2) is 9.97 Å². The van der Waals surface area contributed by atoms with E-state index in [0.717, 1.165) is 5.56 Å². The minimum atomic E-state index is -0.127. The minimum absolute atomic E-state index is 0.00743. The molecule has 9 heteroatoms. The number of ether oxygens (including phenoxy) is 1. The van der Waals surface area contributed by atoms with Crippen LogP contribution in [-0.4, -0.2) is 36.2 Å². The van der Waals surface area contributed by atoms with E-state index in [4.69, 9.17) is 16.2 Å². The molecule has 1 aromatic carbocycles. The predicted molar refractivity (Wildman–Crippen MR) is 140 cm³/mol. The zero-order valence-electron chi connectivity index (χ0n) is 21.3. The molecule has 0 saturated carbocycles. The molecule has 0 bridgehead atoms. The summed E-state index contributed by atoms with van der Waals surface area (Å²) in [6.07, 6.45) is 0.0899. The van der Waals surface area contributed by atoms with Gasteiger partial charge in [0.05, 0.1) is 42.8 Å². The molecule has 5 N–H and O–H groups in total. The van der Waals surface area contributed by atoms with Gasteiger partial charge in [0.1, 0.15) is 23.3 Å². The fourth-order valence-electron chi connectivity index (χ4n) is 5.33. The number of nitriles is 1. The number of anilines is 5. The van der Waals surface area contributed by atoms with Gasteiger partial charge in [0, 0.05) is 10.9 Å². The van der Waals surface area contributed by atoms with Crippen molar-refractivity contribution < 1.29 is 14.5 Å². The highest BCUT2D eigenvalue weighted by Crippen LogP contribution is 2.43. The van der Waals surface area contributed by atoms with Crippen molar-refractivity contribution in [1.29, 1.82) is 5.26 Å². The number of rotatable bonds is 2. The van der Waals surface area contributed by atoms with Crippen LogP contribution < -0.4 is 26.3 Å². The van der Waals surface area contributed by atoms with Gasteiger partial charge in [-0.1, -0.05) is 32.9 Å². The number of nitrogen functional groups attached to an aromatic ring is 2. The van der Waals surface area contributed by atoms with Crippen molar-refractivity contribution in [3.05, 3.63) is 41.0 Å². The number of amides is 1. The first kappa shape index (κ1) is 23.8. The van der Waals surface area contributed by atoms with Gasteiger partial charge in [-0.3, -0.25) is 14.6 Å². The maximum Gasteiger partial charge on any atom is 0.240 e. The lowest BCUT2D eigenvalue weighted by atomic mass is 9.87. The Labute approximate surface area is 210 Å². The molecule has 2 aliphatic heterocycles. The first-order chi connectivity index (χ1) is 17.0. The normalized spacial score (nSPS) is 20.1. The fraction of sp³-hybridized carbons (Fsp3) is 0.407. The van der Waals surface area contributed by atoms with Crippen LogP contribution in [0.2, 0.25) is 0 Å². The molecule has 9 nitrogen and oxygen atoms in total. The first-order valence-corrected chi connectivity index (χ1v) is 12.2. The zero-order chi connectivity index (χ0) is 25.9. The molecule has 5 rings (SSSR count). The number of aromatic amines is 1. The lowest BCUT2D eigenvalue weighted by Gasteiger charge is -2.33. The highest BCUT2D eigenvalue weighted by molar-refractivity contribution is 6.15. The zero-order valence-corrected chi connectivity index (χ0v) is 21.3. The summed E-state index contributed by atoms with van der Waals surface area (Å²) in [4.78, 5) is 24.8. The third-order valence-corrected chi connectivity index (χ3v) is 6.94. The van der Waals surface area contributed by atoms with Crippen LogP contribution in [0.1, 0.15) is 51.3 Å². The van der Waals surface area contributed by atoms with Crippen LogP contribution in [-0.2, 0) is 21.4 Å². The second kappa shape index (κ2) is 8.35. The molecule has 0 aliphatic carbocycles. The number of hydrogen-bond donors (Lipinski definition) is 2. The maximum atomic E-state index is 13.3. The van der Waals surface area contributed by atoms with Crippen LogP contribution in [0.25, 0.3) is 10.8 Å². The van der Waals surface area contributed by atoms with E-state index in [-0.39, 0.29) is 35.8 Å². The van der Waals surface area contributed by atoms with Crippen molar-refractivity contribution in [2.45, 2.75) is 58.7 Å². The van der Waals surface area contributed by atoms with Crippen LogP contribution in [0, 0.1) is 11.3 Å². The van der Waals surface area contributed by atoms with E-state index < -0.39 is 0 Å². The summed E-state index contributed by atoms with van der Waals surface area (Å²) < 4.78 is 5.88. The van der Waals surface area contributed by atoms with E-state index in [9.17, 15) is 10.1 Å². The molecule has 1 amide bonds. The van der Waals surface area contributed by atoms with Crippen LogP contribution in [0.15, 0.2) is 24.3 Å². The monoisotopic (exact) mass is 486 g/mol. The van der Waals surface area contributed by atoms with E-state index >= 15 is 0 Å². The molecular weight excluding hydrogens is 454 g/mol. The lowest BCUT2D eigenvalue weighted by Crippen LogP contribution is -2.48. The third-order valence-electron chi connectivity index (χ3n) is 6.94. The molecular formula is C27H32N7O2+. The molecule has 186 valence electrons. The number of H-pyrrole nitrogens is 1.